The summed E-state index contributed by atoms with van der Waals surface area (Å²) in [6, 6.07) is 0. The quantitative estimate of drug-likeness (QED) is 0.406. The maximum absolute atomic E-state index is 13.5. The van der Waals surface area contributed by atoms with E-state index in [1.54, 1.807) is 0 Å². The number of rotatable bonds is 6. The van der Waals surface area contributed by atoms with Crippen molar-refractivity contribution in [2.24, 2.45) is 52.3 Å². The molecule has 0 bridgehead atoms. The SMILES string of the molecule is CC(=O)O[C@@H]1CC[C@@]2(C)[C@H](C1)C(=O)C[C@H]1[C@H]3CC[C@H]([C@H](C)CCCC(C)C)[C@@]3(C)CC[C@@H]12. The van der Waals surface area contributed by atoms with E-state index in [-0.39, 0.29) is 23.4 Å². The van der Waals surface area contributed by atoms with Gasteiger partial charge in [0, 0.05) is 19.3 Å². The van der Waals surface area contributed by atoms with Crippen molar-refractivity contribution in [3.63, 3.8) is 0 Å². The van der Waals surface area contributed by atoms with Gasteiger partial charge in [-0.25, -0.2) is 0 Å². The van der Waals surface area contributed by atoms with Gasteiger partial charge in [-0.05, 0) is 91.3 Å². The Hall–Kier alpha value is -0.860. The zero-order valence-electron chi connectivity index (χ0n) is 21.6. The lowest BCUT2D eigenvalue weighted by molar-refractivity contribution is -0.169. The van der Waals surface area contributed by atoms with E-state index in [0.29, 0.717) is 23.0 Å². The van der Waals surface area contributed by atoms with Gasteiger partial charge < -0.3 is 4.74 Å². The summed E-state index contributed by atoms with van der Waals surface area (Å²) >= 11 is 0. The molecule has 182 valence electrons. The van der Waals surface area contributed by atoms with Gasteiger partial charge in [-0.15, -0.1) is 0 Å². The normalized spacial score (nSPS) is 44.5. The molecule has 3 nitrogen and oxygen atoms in total. The van der Waals surface area contributed by atoms with Crippen LogP contribution >= 0.6 is 0 Å². The fourth-order valence-electron chi connectivity index (χ4n) is 9.37. The van der Waals surface area contributed by atoms with Crippen LogP contribution in [0.5, 0.6) is 0 Å². The third-order valence-electron chi connectivity index (χ3n) is 10.9. The summed E-state index contributed by atoms with van der Waals surface area (Å²) in [5.41, 5.74) is 0.537. The molecule has 4 saturated carbocycles. The second-order valence-corrected chi connectivity index (χ2v) is 13.1. The first kappa shape index (κ1) is 24.3. The first-order chi connectivity index (χ1) is 15.1. The molecule has 0 radical (unpaired) electrons. The van der Waals surface area contributed by atoms with Gasteiger partial charge in [-0.1, -0.05) is 53.9 Å². The zero-order chi connectivity index (χ0) is 23.3. The predicted molar refractivity (Wildman–Crippen MR) is 129 cm³/mol. The second kappa shape index (κ2) is 9.06. The molecule has 4 aliphatic rings. The van der Waals surface area contributed by atoms with Crippen LogP contribution in [0.3, 0.4) is 0 Å². The first-order valence-electron chi connectivity index (χ1n) is 13.8. The molecule has 0 spiro atoms. The van der Waals surface area contributed by atoms with Crippen molar-refractivity contribution in [2.45, 2.75) is 118 Å². The van der Waals surface area contributed by atoms with Crippen molar-refractivity contribution >= 4 is 11.8 Å². The minimum absolute atomic E-state index is 0.0533. The average Bonchev–Trinajstić information content (AvgIpc) is 3.06. The van der Waals surface area contributed by atoms with Crippen molar-refractivity contribution in [3.05, 3.63) is 0 Å². The minimum Gasteiger partial charge on any atom is -0.463 e. The number of carbonyl (C=O) groups is 2. The highest BCUT2D eigenvalue weighted by Crippen LogP contribution is 2.68. The van der Waals surface area contributed by atoms with Gasteiger partial charge in [0.05, 0.1) is 0 Å². The Balaban J connectivity index is 1.48. The molecule has 0 amide bonds. The molecule has 9 atom stereocenters. The lowest BCUT2D eigenvalue weighted by Gasteiger charge is -2.60. The zero-order valence-corrected chi connectivity index (χ0v) is 21.6. The number of ether oxygens (including phenoxy) is 1. The van der Waals surface area contributed by atoms with E-state index < -0.39 is 0 Å². The van der Waals surface area contributed by atoms with Gasteiger partial charge in [0.15, 0.2) is 0 Å². The average molecular weight is 445 g/mol. The summed E-state index contributed by atoms with van der Waals surface area (Å²) in [7, 11) is 0. The molecule has 0 aliphatic heterocycles. The summed E-state index contributed by atoms with van der Waals surface area (Å²) in [6.07, 6.45) is 12.9. The molecular weight excluding hydrogens is 396 g/mol. The molecule has 0 saturated heterocycles. The molecular formula is C29H48O3. The van der Waals surface area contributed by atoms with Crippen LogP contribution in [0.2, 0.25) is 0 Å². The number of hydrogen-bond donors (Lipinski definition) is 0. The van der Waals surface area contributed by atoms with Crippen LogP contribution in [0.15, 0.2) is 0 Å². The van der Waals surface area contributed by atoms with Crippen molar-refractivity contribution in [3.8, 4) is 0 Å². The number of fused-ring (bicyclic) bond motifs is 5. The van der Waals surface area contributed by atoms with Crippen molar-refractivity contribution in [1.82, 2.24) is 0 Å². The summed E-state index contributed by atoms with van der Waals surface area (Å²) in [5.74, 6) is 4.81. The molecule has 0 aromatic rings. The molecule has 3 heteroatoms. The topological polar surface area (TPSA) is 43.4 Å². The van der Waals surface area contributed by atoms with Gasteiger partial charge in [-0.3, -0.25) is 9.59 Å². The predicted octanol–water partition coefficient (Wildman–Crippen LogP) is 7.22. The van der Waals surface area contributed by atoms with Gasteiger partial charge in [0.2, 0.25) is 0 Å². The minimum atomic E-state index is -0.201. The standard InChI is InChI=1S/C29H48O3/c1-18(2)8-7-9-19(3)23-10-11-24-22-17-27(31)26-16-21(32-20(4)30)12-14-29(26,6)25(22)13-15-28(23,24)5/h18-19,21-26H,7-17H2,1-6H3/t19-,21-,22+,23-,24-,25+,26-,28-,29-/m1/s1. The molecule has 4 aliphatic carbocycles. The van der Waals surface area contributed by atoms with Gasteiger partial charge >= 0.3 is 5.97 Å². The molecule has 0 aromatic heterocycles. The third kappa shape index (κ3) is 4.20. The van der Waals surface area contributed by atoms with Crippen LogP contribution in [0.4, 0.5) is 0 Å². The lowest BCUT2D eigenvalue weighted by Crippen LogP contribution is -2.57. The fraction of sp³-hybridized carbons (Fsp3) is 0.931. The van der Waals surface area contributed by atoms with Crippen molar-refractivity contribution < 1.29 is 14.3 Å². The summed E-state index contributed by atoms with van der Waals surface area (Å²) < 4.78 is 5.55. The van der Waals surface area contributed by atoms with Crippen LogP contribution in [-0.4, -0.2) is 17.9 Å². The van der Waals surface area contributed by atoms with E-state index in [2.05, 4.69) is 34.6 Å². The second-order valence-electron chi connectivity index (χ2n) is 13.1. The van der Waals surface area contributed by atoms with Crippen LogP contribution in [0, 0.1) is 52.3 Å². The maximum atomic E-state index is 13.5. The highest BCUT2D eigenvalue weighted by Gasteiger charge is 2.62. The van der Waals surface area contributed by atoms with Crippen LogP contribution in [0.1, 0.15) is 112 Å². The monoisotopic (exact) mass is 444 g/mol. The highest BCUT2D eigenvalue weighted by atomic mass is 16.5. The molecule has 0 N–H and O–H groups in total. The van der Waals surface area contributed by atoms with E-state index in [0.717, 1.165) is 49.4 Å². The Kier molecular flexibility index (Phi) is 6.87. The van der Waals surface area contributed by atoms with E-state index in [4.69, 9.17) is 4.74 Å². The number of carbonyl (C=O) groups excluding carboxylic acids is 2. The number of ketones is 1. The Morgan fingerprint density at radius 2 is 1.69 bits per heavy atom. The van der Waals surface area contributed by atoms with E-state index >= 15 is 0 Å². The molecule has 0 unspecified atom stereocenters. The van der Waals surface area contributed by atoms with Gasteiger partial charge in [-0.2, -0.15) is 0 Å². The molecule has 4 rings (SSSR count). The lowest BCUT2D eigenvalue weighted by atomic mass is 9.44. The van der Waals surface area contributed by atoms with Gasteiger partial charge in [0.25, 0.3) is 0 Å². The van der Waals surface area contributed by atoms with Crippen molar-refractivity contribution in [1.29, 1.82) is 0 Å². The summed E-state index contributed by atoms with van der Waals surface area (Å²) in [6.45, 7) is 13.7. The Labute approximate surface area is 196 Å². The fourth-order valence-corrected chi connectivity index (χ4v) is 9.37. The number of Topliss-reactive ketones (excluding diaryl/α,β-unsaturated/α-hetero) is 1. The highest BCUT2D eigenvalue weighted by molar-refractivity contribution is 5.83. The smallest absolute Gasteiger partial charge is 0.302 e. The van der Waals surface area contributed by atoms with Crippen LogP contribution in [-0.2, 0) is 14.3 Å². The molecule has 0 heterocycles. The van der Waals surface area contributed by atoms with Crippen LogP contribution < -0.4 is 0 Å². The number of hydrogen-bond acceptors (Lipinski definition) is 3. The molecule has 4 fully saturated rings. The Bertz CT molecular complexity index is 713. The van der Waals surface area contributed by atoms with E-state index in [1.165, 1.54) is 51.9 Å². The molecule has 0 aromatic carbocycles. The Morgan fingerprint density at radius 1 is 1.00 bits per heavy atom. The first-order valence-corrected chi connectivity index (χ1v) is 13.8. The van der Waals surface area contributed by atoms with Crippen LogP contribution in [0.25, 0.3) is 0 Å². The van der Waals surface area contributed by atoms with Crippen molar-refractivity contribution in [2.75, 3.05) is 0 Å². The number of esters is 1. The van der Waals surface area contributed by atoms with E-state index in [9.17, 15) is 9.59 Å². The largest absolute Gasteiger partial charge is 0.463 e. The maximum Gasteiger partial charge on any atom is 0.302 e. The third-order valence-corrected chi connectivity index (χ3v) is 10.9. The summed E-state index contributed by atoms with van der Waals surface area (Å²) in [5, 5.41) is 0. The van der Waals surface area contributed by atoms with Gasteiger partial charge in [0.1, 0.15) is 11.9 Å². The van der Waals surface area contributed by atoms with E-state index in [1.807, 2.05) is 0 Å². The summed E-state index contributed by atoms with van der Waals surface area (Å²) in [4.78, 5) is 25.0. The molecule has 32 heavy (non-hydrogen) atoms. The Morgan fingerprint density at radius 3 is 2.38 bits per heavy atom.